The van der Waals surface area contributed by atoms with E-state index in [-0.39, 0.29) is 16.9 Å². The standard InChI is InChI=1S/C21H18Cl2N6O/c1-12(20-24-6-3-7-25-20)27-16-10-19(30)29(2)18-5-4-13(8-14(16)18)9-17-15(22)11-26-21(23)28-17/h3-8,10-12,27H,9H2,1-2H3. The number of benzene rings is 1. The van der Waals surface area contributed by atoms with Crippen molar-refractivity contribution in [3.8, 4) is 0 Å². The van der Waals surface area contributed by atoms with E-state index in [4.69, 9.17) is 23.2 Å². The van der Waals surface area contributed by atoms with Crippen LogP contribution in [0.1, 0.15) is 30.0 Å². The fraction of sp³-hybridized carbons (Fsp3) is 0.190. The van der Waals surface area contributed by atoms with Gasteiger partial charge in [-0.15, -0.1) is 0 Å². The van der Waals surface area contributed by atoms with Gasteiger partial charge in [0.15, 0.2) is 0 Å². The third-order valence-corrected chi connectivity index (χ3v) is 5.31. The third kappa shape index (κ3) is 4.13. The lowest BCUT2D eigenvalue weighted by Gasteiger charge is -2.17. The van der Waals surface area contributed by atoms with Crippen LogP contribution < -0.4 is 10.9 Å². The first-order chi connectivity index (χ1) is 14.4. The molecule has 7 nitrogen and oxygen atoms in total. The van der Waals surface area contributed by atoms with Crippen molar-refractivity contribution in [3.63, 3.8) is 0 Å². The monoisotopic (exact) mass is 440 g/mol. The highest BCUT2D eigenvalue weighted by Gasteiger charge is 2.14. The number of aryl methyl sites for hydroxylation is 1. The largest absolute Gasteiger partial charge is 0.375 e. The third-order valence-electron chi connectivity index (χ3n) is 4.81. The second-order valence-corrected chi connectivity index (χ2v) is 7.64. The van der Waals surface area contributed by atoms with Crippen LogP contribution in [0.5, 0.6) is 0 Å². The van der Waals surface area contributed by atoms with Crippen molar-refractivity contribution in [2.45, 2.75) is 19.4 Å². The molecule has 9 heteroatoms. The summed E-state index contributed by atoms with van der Waals surface area (Å²) < 4.78 is 1.61. The highest BCUT2D eigenvalue weighted by Crippen LogP contribution is 2.27. The van der Waals surface area contributed by atoms with Gasteiger partial charge in [0.1, 0.15) is 5.82 Å². The zero-order valence-corrected chi connectivity index (χ0v) is 17.8. The lowest BCUT2D eigenvalue weighted by Crippen LogP contribution is -2.19. The molecule has 0 saturated carbocycles. The van der Waals surface area contributed by atoms with E-state index in [0.29, 0.717) is 28.6 Å². The van der Waals surface area contributed by atoms with Crippen molar-refractivity contribution in [1.82, 2.24) is 24.5 Å². The molecule has 0 aliphatic rings. The fourth-order valence-corrected chi connectivity index (χ4v) is 3.57. The van der Waals surface area contributed by atoms with Gasteiger partial charge >= 0.3 is 0 Å². The van der Waals surface area contributed by atoms with Gasteiger partial charge in [0.25, 0.3) is 5.56 Å². The number of pyridine rings is 1. The Morgan fingerprint density at radius 1 is 1.13 bits per heavy atom. The smallest absolute Gasteiger partial charge is 0.252 e. The SMILES string of the molecule is CC(Nc1cc(=O)n(C)c2ccc(Cc3nc(Cl)ncc3Cl)cc12)c1ncccn1. The molecule has 1 N–H and O–H groups in total. The molecule has 30 heavy (non-hydrogen) atoms. The van der Waals surface area contributed by atoms with E-state index in [0.717, 1.165) is 16.5 Å². The number of anilines is 1. The number of aromatic nitrogens is 5. The van der Waals surface area contributed by atoms with Crippen LogP contribution in [0.15, 0.2) is 53.7 Å². The Bertz CT molecular complexity index is 1280. The van der Waals surface area contributed by atoms with Crippen molar-refractivity contribution in [2.75, 3.05) is 5.32 Å². The van der Waals surface area contributed by atoms with Gasteiger partial charge in [-0.05, 0) is 42.3 Å². The van der Waals surface area contributed by atoms with Crippen molar-refractivity contribution in [2.24, 2.45) is 7.05 Å². The quantitative estimate of drug-likeness (QED) is 0.468. The molecule has 0 amide bonds. The summed E-state index contributed by atoms with van der Waals surface area (Å²) in [6.07, 6.45) is 5.36. The molecule has 4 rings (SSSR count). The summed E-state index contributed by atoms with van der Waals surface area (Å²) in [7, 11) is 1.75. The molecule has 1 atom stereocenters. The van der Waals surface area contributed by atoms with Gasteiger partial charge in [-0.25, -0.2) is 19.9 Å². The van der Waals surface area contributed by atoms with Crippen molar-refractivity contribution >= 4 is 39.8 Å². The number of fused-ring (bicyclic) bond motifs is 1. The molecule has 4 aromatic rings. The molecule has 1 aromatic carbocycles. The molecule has 3 heterocycles. The zero-order valence-electron chi connectivity index (χ0n) is 16.3. The Balaban J connectivity index is 1.76. The van der Waals surface area contributed by atoms with Crippen molar-refractivity contribution in [1.29, 1.82) is 0 Å². The highest BCUT2D eigenvalue weighted by molar-refractivity contribution is 6.32. The van der Waals surface area contributed by atoms with E-state index < -0.39 is 0 Å². The Hall–Kier alpha value is -3.03. The summed E-state index contributed by atoms with van der Waals surface area (Å²) in [6.45, 7) is 1.95. The van der Waals surface area contributed by atoms with Crippen LogP contribution in [0.25, 0.3) is 10.9 Å². The van der Waals surface area contributed by atoms with Gasteiger partial charge in [-0.1, -0.05) is 17.7 Å². The second kappa shape index (κ2) is 8.38. The van der Waals surface area contributed by atoms with E-state index in [9.17, 15) is 4.79 Å². The average Bonchev–Trinajstić information content (AvgIpc) is 2.75. The predicted molar refractivity (Wildman–Crippen MR) is 118 cm³/mol. The molecular weight excluding hydrogens is 423 g/mol. The van der Waals surface area contributed by atoms with E-state index >= 15 is 0 Å². The van der Waals surface area contributed by atoms with Crippen molar-refractivity contribution < 1.29 is 0 Å². The van der Waals surface area contributed by atoms with Gasteiger partial charge in [-0.2, -0.15) is 0 Å². The zero-order chi connectivity index (χ0) is 21.3. The summed E-state index contributed by atoms with van der Waals surface area (Å²) in [5, 5.41) is 4.87. The maximum atomic E-state index is 12.5. The maximum absolute atomic E-state index is 12.5. The summed E-state index contributed by atoms with van der Waals surface area (Å²) in [6, 6.07) is 9.04. The molecule has 0 aliphatic heterocycles. The van der Waals surface area contributed by atoms with E-state index in [1.165, 1.54) is 6.20 Å². The van der Waals surface area contributed by atoms with Gasteiger partial charge in [0.2, 0.25) is 5.28 Å². The first-order valence-electron chi connectivity index (χ1n) is 9.25. The topological polar surface area (TPSA) is 85.6 Å². The Labute approximate surface area is 182 Å². The van der Waals surface area contributed by atoms with Crippen LogP contribution in [0.2, 0.25) is 10.3 Å². The summed E-state index contributed by atoms with van der Waals surface area (Å²) >= 11 is 12.1. The lowest BCUT2D eigenvalue weighted by molar-refractivity contribution is 0.788. The number of nitrogens with zero attached hydrogens (tertiary/aromatic N) is 5. The van der Waals surface area contributed by atoms with E-state index in [1.807, 2.05) is 25.1 Å². The van der Waals surface area contributed by atoms with Crippen LogP contribution in [-0.2, 0) is 13.5 Å². The summed E-state index contributed by atoms with van der Waals surface area (Å²) in [4.78, 5) is 29.2. The minimum absolute atomic E-state index is 0.107. The van der Waals surface area contributed by atoms with E-state index in [2.05, 4.69) is 25.3 Å². The molecule has 152 valence electrons. The summed E-state index contributed by atoms with van der Waals surface area (Å²) in [5.74, 6) is 0.643. The number of rotatable bonds is 5. The molecule has 0 saturated heterocycles. The molecular formula is C21H18Cl2N6O. The molecule has 0 fully saturated rings. The molecule has 1 unspecified atom stereocenters. The molecule has 0 aliphatic carbocycles. The van der Waals surface area contributed by atoms with Gasteiger partial charge in [0, 0.05) is 43.0 Å². The van der Waals surface area contributed by atoms with Crippen LogP contribution in [0, 0.1) is 0 Å². The van der Waals surface area contributed by atoms with Gasteiger partial charge in [0.05, 0.1) is 28.5 Å². The number of halogens is 2. The normalized spacial score (nSPS) is 12.1. The molecule has 0 radical (unpaired) electrons. The number of hydrogen-bond acceptors (Lipinski definition) is 6. The summed E-state index contributed by atoms with van der Waals surface area (Å²) in [5.41, 5.74) is 3.03. The van der Waals surface area contributed by atoms with Crippen molar-refractivity contribution in [3.05, 3.63) is 86.7 Å². The Kier molecular flexibility index (Phi) is 5.65. The predicted octanol–water partition coefficient (Wildman–Crippen LogP) is 4.19. The second-order valence-electron chi connectivity index (χ2n) is 6.89. The maximum Gasteiger partial charge on any atom is 0.252 e. The molecule has 0 spiro atoms. The minimum Gasteiger partial charge on any atom is -0.375 e. The first kappa shape index (κ1) is 20.3. The lowest BCUT2D eigenvalue weighted by atomic mass is 10.0. The van der Waals surface area contributed by atoms with Gasteiger partial charge in [-0.3, -0.25) is 4.79 Å². The number of hydrogen-bond donors (Lipinski definition) is 1. The molecule has 0 bridgehead atoms. The first-order valence-corrected chi connectivity index (χ1v) is 10.0. The van der Waals surface area contributed by atoms with Crippen LogP contribution in [0.3, 0.4) is 0 Å². The van der Waals surface area contributed by atoms with E-state index in [1.54, 1.807) is 36.1 Å². The Morgan fingerprint density at radius 3 is 2.67 bits per heavy atom. The van der Waals surface area contributed by atoms with Crippen LogP contribution in [-0.4, -0.2) is 24.5 Å². The Morgan fingerprint density at radius 2 is 1.90 bits per heavy atom. The molecule has 3 aromatic heterocycles. The van der Waals surface area contributed by atoms with Crippen LogP contribution in [0.4, 0.5) is 5.69 Å². The van der Waals surface area contributed by atoms with Gasteiger partial charge < -0.3 is 9.88 Å². The fourth-order valence-electron chi connectivity index (χ4n) is 3.26. The minimum atomic E-state index is -0.180. The average molecular weight is 441 g/mol. The highest BCUT2D eigenvalue weighted by atomic mass is 35.5. The number of nitrogens with one attached hydrogen (secondary N) is 1. The van der Waals surface area contributed by atoms with Crippen LogP contribution >= 0.6 is 23.2 Å².